The average molecular weight is 189 g/mol. The van der Waals surface area contributed by atoms with Crippen LogP contribution in [0.4, 0.5) is 5.69 Å². The highest BCUT2D eigenvalue weighted by molar-refractivity contribution is 5.45. The monoisotopic (exact) mass is 189 g/mol. The zero-order valence-electron chi connectivity index (χ0n) is 8.66. The van der Waals surface area contributed by atoms with E-state index in [-0.39, 0.29) is 0 Å². The first kappa shape index (κ1) is 10.6. The Hall–Kier alpha value is -1.46. The highest BCUT2D eigenvalue weighted by Gasteiger charge is 1.95. The molecule has 0 heterocycles. The molecule has 0 amide bonds. The normalized spacial score (nSPS) is 9.50. The van der Waals surface area contributed by atoms with Crippen LogP contribution in [-0.2, 0) is 11.3 Å². The Morgan fingerprint density at radius 1 is 1.29 bits per heavy atom. The SMILES string of the molecule is C#CCOCc1ccc(N(C)C)cc1. The fourth-order valence-corrected chi connectivity index (χ4v) is 1.12. The molecule has 2 nitrogen and oxygen atoms in total. The van der Waals surface area contributed by atoms with Gasteiger partial charge in [-0.1, -0.05) is 18.1 Å². The van der Waals surface area contributed by atoms with E-state index in [1.165, 1.54) is 5.69 Å². The van der Waals surface area contributed by atoms with Gasteiger partial charge in [0.05, 0.1) is 6.61 Å². The van der Waals surface area contributed by atoms with Crippen molar-refractivity contribution in [2.24, 2.45) is 0 Å². The summed E-state index contributed by atoms with van der Waals surface area (Å²) in [6, 6.07) is 8.22. The second kappa shape index (κ2) is 5.31. The molecule has 0 fully saturated rings. The van der Waals surface area contributed by atoms with Gasteiger partial charge in [0.15, 0.2) is 0 Å². The van der Waals surface area contributed by atoms with E-state index >= 15 is 0 Å². The smallest absolute Gasteiger partial charge is 0.107 e. The summed E-state index contributed by atoms with van der Waals surface area (Å²) in [5, 5.41) is 0. The highest BCUT2D eigenvalue weighted by atomic mass is 16.5. The predicted molar refractivity (Wildman–Crippen MR) is 59.3 cm³/mol. The third-order valence-corrected chi connectivity index (χ3v) is 1.91. The first-order chi connectivity index (χ1) is 6.74. The molecule has 0 aromatic heterocycles. The van der Waals surface area contributed by atoms with Gasteiger partial charge in [-0.25, -0.2) is 0 Å². The molecule has 0 saturated carbocycles. The van der Waals surface area contributed by atoms with Gasteiger partial charge in [0.2, 0.25) is 0 Å². The summed E-state index contributed by atoms with van der Waals surface area (Å²) in [4.78, 5) is 2.06. The Bertz CT molecular complexity index is 308. The van der Waals surface area contributed by atoms with E-state index in [1.807, 2.05) is 26.2 Å². The molecule has 2 heteroatoms. The lowest BCUT2D eigenvalue weighted by atomic mass is 10.2. The van der Waals surface area contributed by atoms with Crippen LogP contribution < -0.4 is 4.90 Å². The van der Waals surface area contributed by atoms with Crippen LogP contribution in [0.5, 0.6) is 0 Å². The Labute approximate surface area is 85.5 Å². The fourth-order valence-electron chi connectivity index (χ4n) is 1.12. The standard InChI is InChI=1S/C12H15NO/c1-4-9-14-10-11-5-7-12(8-6-11)13(2)3/h1,5-8H,9-10H2,2-3H3. The van der Waals surface area contributed by atoms with Crippen LogP contribution in [0.1, 0.15) is 5.56 Å². The van der Waals surface area contributed by atoms with Crippen molar-refractivity contribution in [1.82, 2.24) is 0 Å². The van der Waals surface area contributed by atoms with Gasteiger partial charge in [-0.3, -0.25) is 0 Å². The van der Waals surface area contributed by atoms with Gasteiger partial charge in [-0.2, -0.15) is 0 Å². The molecular formula is C12H15NO. The summed E-state index contributed by atoms with van der Waals surface area (Å²) in [6.45, 7) is 0.952. The number of benzene rings is 1. The van der Waals surface area contributed by atoms with E-state index in [0.717, 1.165) is 5.56 Å². The van der Waals surface area contributed by atoms with Crippen molar-refractivity contribution < 1.29 is 4.74 Å². The third-order valence-electron chi connectivity index (χ3n) is 1.91. The van der Waals surface area contributed by atoms with Crippen LogP contribution in [0.25, 0.3) is 0 Å². The lowest BCUT2D eigenvalue weighted by Crippen LogP contribution is -2.08. The molecule has 0 N–H and O–H groups in total. The van der Waals surface area contributed by atoms with Crippen molar-refractivity contribution in [2.75, 3.05) is 25.6 Å². The fraction of sp³-hybridized carbons (Fsp3) is 0.333. The number of hydrogen-bond donors (Lipinski definition) is 0. The van der Waals surface area contributed by atoms with E-state index in [9.17, 15) is 0 Å². The molecule has 0 saturated heterocycles. The third kappa shape index (κ3) is 3.12. The van der Waals surface area contributed by atoms with Crippen LogP contribution in [0.15, 0.2) is 24.3 Å². The highest BCUT2D eigenvalue weighted by Crippen LogP contribution is 2.12. The number of rotatable bonds is 4. The zero-order chi connectivity index (χ0) is 10.4. The van der Waals surface area contributed by atoms with Crippen molar-refractivity contribution in [3.8, 4) is 12.3 Å². The van der Waals surface area contributed by atoms with Gasteiger partial charge in [-0.05, 0) is 17.7 Å². The molecule has 74 valence electrons. The maximum absolute atomic E-state index is 5.22. The van der Waals surface area contributed by atoms with E-state index < -0.39 is 0 Å². The van der Waals surface area contributed by atoms with Crippen LogP contribution in [0, 0.1) is 12.3 Å². The van der Waals surface area contributed by atoms with Gasteiger partial charge in [0.25, 0.3) is 0 Å². The lowest BCUT2D eigenvalue weighted by molar-refractivity contribution is 0.153. The van der Waals surface area contributed by atoms with E-state index in [2.05, 4.69) is 23.0 Å². The molecule has 0 spiro atoms. The van der Waals surface area contributed by atoms with Crippen molar-refractivity contribution >= 4 is 5.69 Å². The molecule has 0 aliphatic rings. The van der Waals surface area contributed by atoms with Gasteiger partial charge in [0.1, 0.15) is 6.61 Å². The topological polar surface area (TPSA) is 12.5 Å². The first-order valence-electron chi connectivity index (χ1n) is 4.51. The second-order valence-electron chi connectivity index (χ2n) is 3.26. The average Bonchev–Trinajstić information content (AvgIpc) is 2.19. The molecule has 14 heavy (non-hydrogen) atoms. The Morgan fingerprint density at radius 3 is 2.43 bits per heavy atom. The van der Waals surface area contributed by atoms with Crippen molar-refractivity contribution in [3.63, 3.8) is 0 Å². The maximum atomic E-state index is 5.22. The van der Waals surface area contributed by atoms with Crippen LogP contribution in [0.2, 0.25) is 0 Å². The quantitative estimate of drug-likeness (QED) is 0.530. The maximum Gasteiger partial charge on any atom is 0.107 e. The van der Waals surface area contributed by atoms with Gasteiger partial charge in [-0.15, -0.1) is 6.42 Å². The van der Waals surface area contributed by atoms with Gasteiger partial charge in [0, 0.05) is 19.8 Å². The van der Waals surface area contributed by atoms with E-state index in [0.29, 0.717) is 13.2 Å². The first-order valence-corrected chi connectivity index (χ1v) is 4.51. The zero-order valence-corrected chi connectivity index (χ0v) is 8.66. The van der Waals surface area contributed by atoms with Gasteiger partial charge >= 0.3 is 0 Å². The lowest BCUT2D eigenvalue weighted by Gasteiger charge is -2.12. The second-order valence-corrected chi connectivity index (χ2v) is 3.26. The molecule has 0 atom stereocenters. The van der Waals surface area contributed by atoms with Crippen molar-refractivity contribution in [2.45, 2.75) is 6.61 Å². The minimum atomic E-state index is 0.370. The molecule has 1 aromatic rings. The number of nitrogens with zero attached hydrogens (tertiary/aromatic N) is 1. The summed E-state index contributed by atoms with van der Waals surface area (Å²) < 4.78 is 5.22. The molecule has 0 aliphatic heterocycles. The summed E-state index contributed by atoms with van der Waals surface area (Å²) >= 11 is 0. The molecule has 0 aliphatic carbocycles. The summed E-state index contributed by atoms with van der Waals surface area (Å²) in [5.41, 5.74) is 2.33. The number of anilines is 1. The largest absolute Gasteiger partial charge is 0.378 e. The van der Waals surface area contributed by atoms with E-state index in [4.69, 9.17) is 11.2 Å². The molecule has 1 rings (SSSR count). The van der Waals surface area contributed by atoms with Crippen LogP contribution >= 0.6 is 0 Å². The van der Waals surface area contributed by atoms with E-state index in [1.54, 1.807) is 0 Å². The molecule has 0 bridgehead atoms. The Kier molecular flexibility index (Phi) is 4.03. The minimum absolute atomic E-state index is 0.370. The van der Waals surface area contributed by atoms with Crippen molar-refractivity contribution in [3.05, 3.63) is 29.8 Å². The van der Waals surface area contributed by atoms with Crippen LogP contribution in [0.3, 0.4) is 0 Å². The molecule has 0 radical (unpaired) electrons. The summed E-state index contributed by atoms with van der Waals surface area (Å²) in [5.74, 6) is 2.44. The Morgan fingerprint density at radius 2 is 1.93 bits per heavy atom. The molecular weight excluding hydrogens is 174 g/mol. The molecule has 1 aromatic carbocycles. The minimum Gasteiger partial charge on any atom is -0.378 e. The summed E-state index contributed by atoms with van der Waals surface area (Å²) in [6.07, 6.45) is 5.07. The number of ether oxygens (including phenoxy) is 1. The van der Waals surface area contributed by atoms with Crippen molar-refractivity contribution in [1.29, 1.82) is 0 Å². The summed E-state index contributed by atoms with van der Waals surface area (Å²) in [7, 11) is 4.04. The van der Waals surface area contributed by atoms with Crippen LogP contribution in [-0.4, -0.2) is 20.7 Å². The molecule has 0 unspecified atom stereocenters. The number of terminal acetylenes is 1. The van der Waals surface area contributed by atoms with Gasteiger partial charge < -0.3 is 9.64 Å². The Balaban J connectivity index is 2.52. The number of hydrogen-bond acceptors (Lipinski definition) is 2. The predicted octanol–water partition coefficient (Wildman–Crippen LogP) is 1.90.